The first-order valence-electron chi connectivity index (χ1n) is 8.87. The summed E-state index contributed by atoms with van der Waals surface area (Å²) < 4.78 is 16.8. The standard InChI is InChI=1S/C21H23NO5/c1-15(23)17-8-9-18(19(14-17)25-2)27-20(16-6-4-3-5-7-16)21(24)22-10-12-26-13-11-22/h3-9,14,20H,10-13H2,1-2H3/t20-/m0/s1. The Labute approximate surface area is 158 Å². The maximum atomic E-state index is 13.1. The van der Waals surface area contributed by atoms with E-state index >= 15 is 0 Å². The second-order valence-electron chi connectivity index (χ2n) is 6.27. The van der Waals surface area contributed by atoms with E-state index in [1.54, 1.807) is 23.1 Å². The van der Waals surface area contributed by atoms with Gasteiger partial charge in [0.2, 0.25) is 6.10 Å². The molecule has 2 aromatic carbocycles. The Morgan fingerprint density at radius 3 is 2.37 bits per heavy atom. The largest absolute Gasteiger partial charge is 0.493 e. The second kappa shape index (κ2) is 8.68. The van der Waals surface area contributed by atoms with E-state index in [-0.39, 0.29) is 11.7 Å². The van der Waals surface area contributed by atoms with Crippen molar-refractivity contribution < 1.29 is 23.8 Å². The first-order chi connectivity index (χ1) is 13.1. The molecule has 1 amide bonds. The fourth-order valence-corrected chi connectivity index (χ4v) is 2.95. The van der Waals surface area contributed by atoms with Gasteiger partial charge in [-0.25, -0.2) is 0 Å². The number of benzene rings is 2. The number of amides is 1. The third kappa shape index (κ3) is 4.46. The molecule has 1 aliphatic heterocycles. The molecule has 0 aliphatic carbocycles. The summed E-state index contributed by atoms with van der Waals surface area (Å²) in [4.78, 5) is 26.5. The normalized spacial score (nSPS) is 15.1. The molecule has 27 heavy (non-hydrogen) atoms. The van der Waals surface area contributed by atoms with Gasteiger partial charge >= 0.3 is 0 Å². The first kappa shape index (κ1) is 18.9. The molecule has 0 N–H and O–H groups in total. The lowest BCUT2D eigenvalue weighted by Gasteiger charge is -2.31. The number of carbonyl (C=O) groups excluding carboxylic acids is 2. The molecule has 0 aromatic heterocycles. The average molecular weight is 369 g/mol. The molecular formula is C21H23NO5. The van der Waals surface area contributed by atoms with E-state index in [1.165, 1.54) is 14.0 Å². The van der Waals surface area contributed by atoms with Crippen molar-refractivity contribution in [2.24, 2.45) is 0 Å². The van der Waals surface area contributed by atoms with Crippen LogP contribution in [0.1, 0.15) is 28.9 Å². The molecule has 0 saturated carbocycles. The monoisotopic (exact) mass is 369 g/mol. The molecule has 6 heteroatoms. The molecule has 0 spiro atoms. The topological polar surface area (TPSA) is 65.1 Å². The Kier molecular flexibility index (Phi) is 6.08. The molecule has 142 valence electrons. The van der Waals surface area contributed by atoms with Crippen molar-refractivity contribution in [1.29, 1.82) is 0 Å². The molecule has 1 aliphatic rings. The fraction of sp³-hybridized carbons (Fsp3) is 0.333. The van der Waals surface area contributed by atoms with Crippen LogP contribution in [0.2, 0.25) is 0 Å². The molecule has 2 aromatic rings. The fourth-order valence-electron chi connectivity index (χ4n) is 2.95. The number of carbonyl (C=O) groups is 2. The van der Waals surface area contributed by atoms with Crippen LogP contribution in [0.5, 0.6) is 11.5 Å². The van der Waals surface area contributed by atoms with Crippen LogP contribution in [0.4, 0.5) is 0 Å². The Bertz CT molecular complexity index is 799. The van der Waals surface area contributed by atoms with Crippen LogP contribution in [-0.4, -0.2) is 50.0 Å². The van der Waals surface area contributed by atoms with Crippen molar-refractivity contribution in [2.75, 3.05) is 33.4 Å². The van der Waals surface area contributed by atoms with E-state index in [4.69, 9.17) is 14.2 Å². The number of ketones is 1. The third-order valence-corrected chi connectivity index (χ3v) is 4.46. The van der Waals surface area contributed by atoms with Crippen LogP contribution in [0.3, 0.4) is 0 Å². The number of hydrogen-bond acceptors (Lipinski definition) is 5. The number of methoxy groups -OCH3 is 1. The van der Waals surface area contributed by atoms with Crippen molar-refractivity contribution in [2.45, 2.75) is 13.0 Å². The minimum absolute atomic E-state index is 0.0659. The highest BCUT2D eigenvalue weighted by Crippen LogP contribution is 2.33. The summed E-state index contributed by atoms with van der Waals surface area (Å²) in [6.45, 7) is 3.59. The zero-order chi connectivity index (χ0) is 19.2. The quantitative estimate of drug-likeness (QED) is 0.733. The van der Waals surface area contributed by atoms with Gasteiger partial charge in [-0.1, -0.05) is 30.3 Å². The molecule has 1 atom stereocenters. The summed E-state index contributed by atoms with van der Waals surface area (Å²) in [6.07, 6.45) is -0.804. The van der Waals surface area contributed by atoms with E-state index in [9.17, 15) is 9.59 Å². The van der Waals surface area contributed by atoms with Crippen molar-refractivity contribution >= 4 is 11.7 Å². The predicted molar refractivity (Wildman–Crippen MR) is 100 cm³/mol. The molecule has 1 fully saturated rings. The zero-order valence-electron chi connectivity index (χ0n) is 15.5. The first-order valence-corrected chi connectivity index (χ1v) is 8.87. The van der Waals surface area contributed by atoms with Crippen LogP contribution in [-0.2, 0) is 9.53 Å². The SMILES string of the molecule is COc1cc(C(C)=O)ccc1O[C@H](C(=O)N1CCOCC1)c1ccccc1. The molecular weight excluding hydrogens is 346 g/mol. The number of morpholine rings is 1. The van der Waals surface area contributed by atoms with Gasteiger partial charge in [-0.2, -0.15) is 0 Å². The van der Waals surface area contributed by atoms with Gasteiger partial charge in [0.1, 0.15) is 0 Å². The summed E-state index contributed by atoms with van der Waals surface area (Å²) in [7, 11) is 1.51. The minimum Gasteiger partial charge on any atom is -0.493 e. The number of nitrogens with zero attached hydrogens (tertiary/aromatic N) is 1. The molecule has 6 nitrogen and oxygen atoms in total. The lowest BCUT2D eigenvalue weighted by molar-refractivity contribution is -0.143. The number of Topliss-reactive ketones (excluding diaryl/α,β-unsaturated/α-hetero) is 1. The maximum Gasteiger partial charge on any atom is 0.268 e. The van der Waals surface area contributed by atoms with E-state index in [0.717, 1.165) is 5.56 Å². The summed E-state index contributed by atoms with van der Waals surface area (Å²) in [5, 5.41) is 0. The third-order valence-electron chi connectivity index (χ3n) is 4.46. The van der Waals surface area contributed by atoms with Crippen LogP contribution >= 0.6 is 0 Å². The van der Waals surface area contributed by atoms with Gasteiger partial charge in [0.25, 0.3) is 5.91 Å². The highest BCUT2D eigenvalue weighted by atomic mass is 16.5. The summed E-state index contributed by atoms with van der Waals surface area (Å²) in [6, 6.07) is 14.3. The van der Waals surface area contributed by atoms with Crippen molar-refractivity contribution in [3.63, 3.8) is 0 Å². The lowest BCUT2D eigenvalue weighted by atomic mass is 10.1. The highest BCUT2D eigenvalue weighted by molar-refractivity contribution is 5.94. The van der Waals surface area contributed by atoms with Crippen molar-refractivity contribution in [1.82, 2.24) is 4.90 Å². The molecule has 0 radical (unpaired) electrons. The van der Waals surface area contributed by atoms with Gasteiger partial charge in [0.15, 0.2) is 17.3 Å². The van der Waals surface area contributed by atoms with Crippen LogP contribution in [0, 0.1) is 0 Å². The molecule has 0 bridgehead atoms. The molecule has 1 saturated heterocycles. The van der Waals surface area contributed by atoms with Gasteiger partial charge in [-0.3, -0.25) is 9.59 Å². The summed E-state index contributed by atoms with van der Waals surface area (Å²) in [5.41, 5.74) is 1.28. The van der Waals surface area contributed by atoms with Gasteiger partial charge in [0.05, 0.1) is 20.3 Å². The van der Waals surface area contributed by atoms with Gasteiger partial charge < -0.3 is 19.1 Å². The number of rotatable bonds is 6. The van der Waals surface area contributed by atoms with E-state index in [1.807, 2.05) is 30.3 Å². The van der Waals surface area contributed by atoms with Crippen molar-refractivity contribution in [3.8, 4) is 11.5 Å². The maximum absolute atomic E-state index is 13.1. The molecule has 1 heterocycles. The minimum atomic E-state index is -0.804. The molecule has 0 unspecified atom stereocenters. The van der Waals surface area contributed by atoms with Crippen molar-refractivity contribution in [3.05, 3.63) is 59.7 Å². The number of hydrogen-bond donors (Lipinski definition) is 0. The smallest absolute Gasteiger partial charge is 0.268 e. The van der Waals surface area contributed by atoms with Crippen LogP contribution < -0.4 is 9.47 Å². The highest BCUT2D eigenvalue weighted by Gasteiger charge is 2.29. The van der Waals surface area contributed by atoms with Gasteiger partial charge in [-0.05, 0) is 25.1 Å². The second-order valence-corrected chi connectivity index (χ2v) is 6.27. The van der Waals surface area contributed by atoms with Crippen LogP contribution in [0.15, 0.2) is 48.5 Å². The van der Waals surface area contributed by atoms with Gasteiger partial charge in [0, 0.05) is 24.2 Å². The Hall–Kier alpha value is -2.86. The lowest BCUT2D eigenvalue weighted by Crippen LogP contribution is -2.44. The Morgan fingerprint density at radius 2 is 1.74 bits per heavy atom. The van der Waals surface area contributed by atoms with E-state index in [2.05, 4.69) is 0 Å². The van der Waals surface area contributed by atoms with E-state index < -0.39 is 6.10 Å². The summed E-state index contributed by atoms with van der Waals surface area (Å²) >= 11 is 0. The Morgan fingerprint density at radius 1 is 1.04 bits per heavy atom. The zero-order valence-corrected chi connectivity index (χ0v) is 15.5. The average Bonchev–Trinajstić information content (AvgIpc) is 2.72. The van der Waals surface area contributed by atoms with Gasteiger partial charge in [-0.15, -0.1) is 0 Å². The van der Waals surface area contributed by atoms with E-state index in [0.29, 0.717) is 43.4 Å². The summed E-state index contributed by atoms with van der Waals surface area (Å²) in [5.74, 6) is 0.641. The Balaban J connectivity index is 1.92. The molecule has 3 rings (SSSR count). The number of ether oxygens (including phenoxy) is 3. The van der Waals surface area contributed by atoms with Crippen LogP contribution in [0.25, 0.3) is 0 Å². The predicted octanol–water partition coefficient (Wildman–Crippen LogP) is 2.88.